The largest absolute Gasteiger partial charge is 0.490 e. The molecule has 14 rings (SSSR count). The van der Waals surface area contributed by atoms with Gasteiger partial charge < -0.3 is 61.4 Å². The molecule has 2 saturated heterocycles. The van der Waals surface area contributed by atoms with E-state index in [2.05, 4.69) is 45.9 Å². The number of halogens is 20. The minimum atomic E-state index is -4.68. The Balaban J connectivity index is 0.000000186. The molecule has 43 heteroatoms. The third kappa shape index (κ3) is 26.2. The molecule has 0 radical (unpaired) electrons. The number of alkyl halides is 12. The number of rotatable bonds is 22. The lowest BCUT2D eigenvalue weighted by Gasteiger charge is -2.37. The number of aldehydes is 1. The van der Waals surface area contributed by atoms with Crippen LogP contribution >= 0.6 is 23.5 Å². The molecule has 2 fully saturated rings. The van der Waals surface area contributed by atoms with Gasteiger partial charge in [-0.25, -0.2) is 52.0 Å². The molecule has 8 aromatic rings. The zero-order chi connectivity index (χ0) is 94.0. The molecule has 0 spiro atoms. The molecule has 8 aromatic carbocycles. The van der Waals surface area contributed by atoms with Crippen molar-refractivity contribution in [2.24, 2.45) is 23.7 Å². The minimum absolute atomic E-state index is 0. The predicted molar refractivity (Wildman–Crippen MR) is 439 cm³/mol. The maximum atomic E-state index is 14.9. The third-order valence-electron chi connectivity index (χ3n) is 20.0. The van der Waals surface area contributed by atoms with E-state index in [1.165, 1.54) is 30.3 Å². The van der Waals surface area contributed by atoms with Crippen molar-refractivity contribution in [1.82, 2.24) is 0 Å². The van der Waals surface area contributed by atoms with E-state index in [1.807, 2.05) is 0 Å². The summed E-state index contributed by atoms with van der Waals surface area (Å²) >= 11 is 2.13. The number of carbonyl (C=O) groups is 1. The molecule has 0 saturated carbocycles. The number of aliphatic hydroxyl groups excluding tert-OH is 1. The van der Waals surface area contributed by atoms with Gasteiger partial charge in [-0.15, -0.1) is 30.1 Å². The second-order valence-electron chi connectivity index (χ2n) is 31.0. The topological polar surface area (TPSA) is 207 Å². The van der Waals surface area contributed by atoms with Gasteiger partial charge in [0, 0.05) is 26.8 Å². The van der Waals surface area contributed by atoms with Crippen LogP contribution in [0.3, 0.4) is 0 Å². The van der Waals surface area contributed by atoms with E-state index in [0.717, 1.165) is 134 Å². The highest BCUT2D eigenvalue weighted by molar-refractivity contribution is 7.99. The Labute approximate surface area is 740 Å². The summed E-state index contributed by atoms with van der Waals surface area (Å²) in [5.74, 6) is -11.7. The number of ether oxygens (including phenoxy) is 9. The first-order chi connectivity index (χ1) is 60.0. The van der Waals surface area contributed by atoms with Gasteiger partial charge in [0.1, 0.15) is 40.1 Å². The number of sulfone groups is 2. The first kappa shape index (κ1) is 104. The van der Waals surface area contributed by atoms with Crippen LogP contribution in [-0.4, -0.2) is 143 Å². The van der Waals surface area contributed by atoms with E-state index >= 15 is 0 Å². The van der Waals surface area contributed by atoms with Crippen LogP contribution in [0.25, 0.3) is 0 Å². The van der Waals surface area contributed by atoms with Gasteiger partial charge in [-0.05, 0) is 191 Å². The van der Waals surface area contributed by atoms with E-state index in [-0.39, 0.29) is 89.3 Å². The summed E-state index contributed by atoms with van der Waals surface area (Å²) in [4.78, 5) is 11.2. The second-order valence-corrected chi connectivity index (χ2v) is 46.6. The Morgan fingerprint density at radius 3 is 1.10 bits per heavy atom. The average molecular weight is 1960 g/mol. The molecule has 0 aliphatic carbocycles. The highest BCUT2D eigenvalue weighted by Gasteiger charge is 2.52. The normalized spacial score (nSPS) is 20.3. The summed E-state index contributed by atoms with van der Waals surface area (Å²) in [5.41, 5.74) is -4.84. The van der Waals surface area contributed by atoms with E-state index in [4.69, 9.17) is 56.6 Å². The summed E-state index contributed by atoms with van der Waals surface area (Å²) in [5, 5.41) is 4.25. The summed E-state index contributed by atoms with van der Waals surface area (Å²) in [7, 11) is -11.7. The number of hydrogen-bond acceptors (Lipinski definition) is 19. The third-order valence-corrected chi connectivity index (χ3v) is 29.2. The van der Waals surface area contributed by atoms with Gasteiger partial charge in [-0.2, -0.15) is 52.7 Å². The summed E-state index contributed by atoms with van der Waals surface area (Å²) in [6.07, 6.45) is -18.8. The summed E-state index contributed by atoms with van der Waals surface area (Å²) in [6, 6.07) is 21.4. The molecule has 0 amide bonds. The molecule has 0 aromatic heterocycles. The molecule has 0 unspecified atom stereocenters. The van der Waals surface area contributed by atoms with Gasteiger partial charge in [0.25, 0.3) is 0 Å². The number of hydrogen-bond donors (Lipinski definition) is 1. The van der Waals surface area contributed by atoms with E-state index in [1.54, 1.807) is 0 Å². The van der Waals surface area contributed by atoms with Crippen molar-refractivity contribution in [3.63, 3.8) is 0 Å². The van der Waals surface area contributed by atoms with Crippen LogP contribution in [0.4, 0.5) is 87.8 Å². The molecule has 9 atom stereocenters. The molecular formula is C86H88F20O17S4Si2. The Hall–Kier alpha value is -8.32. The Bertz CT molecular complexity index is 5330. The van der Waals surface area contributed by atoms with Crippen LogP contribution in [0.1, 0.15) is 79.4 Å². The van der Waals surface area contributed by atoms with Crippen LogP contribution in [0.15, 0.2) is 178 Å². The maximum absolute atomic E-state index is 14.9. The molecule has 129 heavy (non-hydrogen) atoms. The molecule has 6 aliphatic rings. The first-order valence-electron chi connectivity index (χ1n) is 38.9. The monoisotopic (exact) mass is 1960 g/mol. The maximum Gasteiger partial charge on any atom is 0.416 e. The minimum Gasteiger partial charge on any atom is -0.490 e. The lowest BCUT2D eigenvalue weighted by Crippen LogP contribution is -2.41. The quantitative estimate of drug-likeness (QED) is 0.0220. The van der Waals surface area contributed by atoms with Gasteiger partial charge in [0.2, 0.25) is 0 Å². The standard InChI is InChI=1S/C22H21F5O5S.C19H15F5O5S.C19H15F5O3S.C17H11F5O2S.C8H22O2Si2.CH4/c1-2-3-18(31-11-10-28)15-12-32-20-17(24)9-8-16(23)19(20)21(15)33(29,30)14-6-4-13(5-7-14)22(25,26)27;20-13-5-6-14(21)16-15(13)17(12(9-29-16)18-27-7-8-28-18)30(25,26)11-3-1-10(2-4-11)19(22,23)24;20-13-5-6-14(21)16-15(13)17(12(9-27-16)18-25-7-8-26-18)28-11-3-1-10(2-4-11)19(22,23)24;18-12-5-6-13(19)15-14(12)16(9(7-23)8-24-15)25-11-3-1-10(2-4-11)17(20,21)22;1-11(2,3)9-7-8-10-12(4,5)6;/h2,4-9,15,18,21,28H,1,3,10-12H2;1-6,12,17-18H,7-9H2;1-6,12,17-18H,7-9H2;1-7,9,16H,8H2;7-8H2,1-6H3;1H4/t15-,18+,21-;2*12-,17+;9-,16+;;/m0111../s1. The molecule has 6 aliphatic heterocycles. The molecule has 6 heterocycles. The fourth-order valence-electron chi connectivity index (χ4n) is 14.1. The van der Waals surface area contributed by atoms with Crippen molar-refractivity contribution in [3.05, 3.63) is 249 Å². The Kier molecular flexibility index (Phi) is 35.3. The average Bonchev–Trinajstić information content (AvgIpc) is 1.73. The Morgan fingerprint density at radius 2 is 0.736 bits per heavy atom. The van der Waals surface area contributed by atoms with Crippen molar-refractivity contribution in [2.75, 3.05) is 79.3 Å². The predicted octanol–water partition coefficient (Wildman–Crippen LogP) is 21.9. The van der Waals surface area contributed by atoms with Crippen LogP contribution in [0.5, 0.6) is 23.0 Å². The van der Waals surface area contributed by atoms with Crippen molar-refractivity contribution < 1.29 is 166 Å². The highest BCUT2D eigenvalue weighted by Crippen LogP contribution is 2.55. The fourth-order valence-corrected chi connectivity index (χ4v) is 22.1. The van der Waals surface area contributed by atoms with Gasteiger partial charge in [-0.1, -0.05) is 13.5 Å². The smallest absolute Gasteiger partial charge is 0.416 e. The van der Waals surface area contributed by atoms with E-state index in [9.17, 15) is 109 Å². The molecule has 706 valence electrons. The van der Waals surface area contributed by atoms with Gasteiger partial charge >= 0.3 is 24.7 Å². The summed E-state index contributed by atoms with van der Waals surface area (Å²) in [6.45, 7) is 18.0. The van der Waals surface area contributed by atoms with Crippen LogP contribution in [0.2, 0.25) is 39.3 Å². The second kappa shape index (κ2) is 43.6. The number of aliphatic hydroxyl groups is 1. The SMILES string of the molecule is C.C=CC[C@@H](OCCO)[C@@H]1COc2c(F)ccc(F)c2[C@H]1S(=O)(=O)c1ccc(C(F)(F)F)cc1.C[Si](C)(C)OCCO[Si](C)(C)C.Fc1ccc(F)c2c1OC[C@@H](C1OCCO1)[C@@H]2Sc1ccc(C(F)(F)F)cc1.O=C[C@@H]1COc2c(F)ccc(F)c2[C@H]1Sc1ccc(C(F)(F)F)cc1.O=S(=O)(c1ccc(C(F)(F)F)cc1)[C@@H]1c2c(F)ccc(F)c2OC[C@H]1C1OCCO1. The molecule has 1 N–H and O–H groups in total. The van der Waals surface area contributed by atoms with E-state index in [0.29, 0.717) is 53.6 Å². The molecular weight excluding hydrogens is 1870 g/mol. The van der Waals surface area contributed by atoms with Crippen LogP contribution in [-0.2, 0) is 81.7 Å². The number of thioether (sulfide) groups is 2. The zero-order valence-corrected chi connectivity index (χ0v) is 73.7. The fraction of sp³-hybridized carbons (Fsp3) is 0.407. The van der Waals surface area contributed by atoms with Crippen LogP contribution < -0.4 is 18.9 Å². The van der Waals surface area contributed by atoms with Crippen molar-refractivity contribution in [1.29, 1.82) is 0 Å². The lowest BCUT2D eigenvalue weighted by atomic mass is 9.89. The molecule has 0 bridgehead atoms. The van der Waals surface area contributed by atoms with E-state index < -0.39 is 226 Å². The van der Waals surface area contributed by atoms with Gasteiger partial charge in [-0.3, -0.25) is 0 Å². The van der Waals surface area contributed by atoms with Crippen molar-refractivity contribution >= 4 is 66.1 Å². The Morgan fingerprint density at radius 1 is 0.426 bits per heavy atom. The molecule has 17 nitrogen and oxygen atoms in total. The highest BCUT2D eigenvalue weighted by atomic mass is 32.2. The van der Waals surface area contributed by atoms with Crippen molar-refractivity contribution in [2.45, 2.75) is 137 Å². The lowest BCUT2D eigenvalue weighted by molar-refractivity contribution is -0.138. The van der Waals surface area contributed by atoms with Crippen molar-refractivity contribution in [3.8, 4) is 23.0 Å². The number of carbonyl (C=O) groups excluding carboxylic acids is 1. The zero-order valence-electron chi connectivity index (χ0n) is 68.4. The summed E-state index contributed by atoms with van der Waals surface area (Å²) < 4.78 is 383. The number of benzene rings is 8. The van der Waals surface area contributed by atoms with Crippen LogP contribution in [0, 0.1) is 70.2 Å². The number of fused-ring (bicyclic) bond motifs is 4. The van der Waals surface area contributed by atoms with Gasteiger partial charge in [0.05, 0.1) is 157 Å². The first-order valence-corrected chi connectivity index (χ1v) is 50.6. The van der Waals surface area contributed by atoms with Gasteiger partial charge in [0.15, 0.2) is 95.2 Å².